The number of hydrogen-bond acceptors (Lipinski definition) is 5. The van der Waals surface area contributed by atoms with Crippen LogP contribution in [0, 0.1) is 0 Å². The Kier molecular flexibility index (Phi) is 5.84. The summed E-state index contributed by atoms with van der Waals surface area (Å²) in [6.45, 7) is 1.70. The molecule has 0 spiro atoms. The number of benzene rings is 2. The molecule has 0 amide bonds. The van der Waals surface area contributed by atoms with Crippen LogP contribution >= 0.6 is 15.9 Å². The summed E-state index contributed by atoms with van der Waals surface area (Å²) >= 11 is 3.27. The summed E-state index contributed by atoms with van der Waals surface area (Å²) in [6, 6.07) is 11.5. The number of methoxy groups -OCH3 is 2. The number of sulfonamides is 1. The van der Waals surface area contributed by atoms with Crippen molar-refractivity contribution in [2.24, 2.45) is 5.10 Å². The van der Waals surface area contributed by atoms with E-state index in [0.717, 1.165) is 4.47 Å². The van der Waals surface area contributed by atoms with E-state index in [9.17, 15) is 8.42 Å². The van der Waals surface area contributed by atoms with Gasteiger partial charge in [-0.1, -0.05) is 15.9 Å². The average molecular weight is 413 g/mol. The monoisotopic (exact) mass is 412 g/mol. The maximum atomic E-state index is 12.2. The van der Waals surface area contributed by atoms with Gasteiger partial charge >= 0.3 is 0 Å². The van der Waals surface area contributed by atoms with Crippen LogP contribution in [0.15, 0.2) is 56.9 Å². The fourth-order valence-corrected chi connectivity index (χ4v) is 3.04. The van der Waals surface area contributed by atoms with Crippen LogP contribution < -0.4 is 14.3 Å². The lowest BCUT2D eigenvalue weighted by Gasteiger charge is -2.10. The van der Waals surface area contributed by atoms with Gasteiger partial charge in [-0.05, 0) is 49.4 Å². The van der Waals surface area contributed by atoms with Crippen LogP contribution in [-0.2, 0) is 10.0 Å². The van der Waals surface area contributed by atoms with Gasteiger partial charge in [-0.15, -0.1) is 0 Å². The number of ether oxygens (including phenoxy) is 2. The third-order valence-corrected chi connectivity index (χ3v) is 5.01. The highest BCUT2D eigenvalue weighted by molar-refractivity contribution is 9.10. The molecule has 24 heavy (non-hydrogen) atoms. The van der Waals surface area contributed by atoms with E-state index >= 15 is 0 Å². The van der Waals surface area contributed by atoms with Gasteiger partial charge in [0.15, 0.2) is 11.5 Å². The van der Waals surface area contributed by atoms with Crippen LogP contribution in [0.1, 0.15) is 12.5 Å². The molecule has 0 aromatic heterocycles. The van der Waals surface area contributed by atoms with Crippen molar-refractivity contribution in [1.82, 2.24) is 4.83 Å². The second-order valence-corrected chi connectivity index (χ2v) is 7.39. The SMILES string of the molecule is COc1ccc(/C(C)=N/NS(=O)(=O)c2ccc(Br)cc2)cc1OC. The molecule has 0 radical (unpaired) electrons. The van der Waals surface area contributed by atoms with Gasteiger partial charge in [0.2, 0.25) is 0 Å². The van der Waals surface area contributed by atoms with E-state index in [2.05, 4.69) is 25.9 Å². The van der Waals surface area contributed by atoms with Crippen molar-refractivity contribution in [2.75, 3.05) is 14.2 Å². The van der Waals surface area contributed by atoms with E-state index in [4.69, 9.17) is 9.47 Å². The van der Waals surface area contributed by atoms with E-state index in [1.165, 1.54) is 19.2 Å². The molecule has 0 atom stereocenters. The standard InChI is InChI=1S/C16H17BrN2O4S/c1-11(12-4-9-15(22-2)16(10-12)23-3)18-19-24(20,21)14-7-5-13(17)6-8-14/h4-10,19H,1-3H3/b18-11+. The number of rotatable bonds is 6. The molecule has 6 nitrogen and oxygen atoms in total. The minimum absolute atomic E-state index is 0.134. The largest absolute Gasteiger partial charge is 0.493 e. The molecule has 0 bridgehead atoms. The maximum Gasteiger partial charge on any atom is 0.276 e. The zero-order chi connectivity index (χ0) is 17.7. The maximum absolute atomic E-state index is 12.2. The summed E-state index contributed by atoms with van der Waals surface area (Å²) in [6.07, 6.45) is 0. The van der Waals surface area contributed by atoms with Gasteiger partial charge in [0.1, 0.15) is 0 Å². The lowest BCUT2D eigenvalue weighted by atomic mass is 10.1. The predicted molar refractivity (Wildman–Crippen MR) is 96.2 cm³/mol. The average Bonchev–Trinajstić information content (AvgIpc) is 2.59. The van der Waals surface area contributed by atoms with E-state index in [0.29, 0.717) is 22.8 Å². The molecule has 128 valence electrons. The van der Waals surface area contributed by atoms with Crippen molar-refractivity contribution in [3.8, 4) is 11.5 Å². The zero-order valence-corrected chi connectivity index (χ0v) is 15.8. The molecule has 0 fully saturated rings. The van der Waals surface area contributed by atoms with E-state index in [-0.39, 0.29) is 4.90 Å². The molecule has 8 heteroatoms. The first kappa shape index (κ1) is 18.3. The number of halogens is 1. The third kappa shape index (κ3) is 4.27. The fraction of sp³-hybridized carbons (Fsp3) is 0.188. The minimum Gasteiger partial charge on any atom is -0.493 e. The van der Waals surface area contributed by atoms with Crippen LogP contribution in [0.5, 0.6) is 11.5 Å². The van der Waals surface area contributed by atoms with Gasteiger partial charge in [-0.3, -0.25) is 0 Å². The molecule has 0 unspecified atom stereocenters. The second kappa shape index (κ2) is 7.67. The van der Waals surface area contributed by atoms with Crippen LogP contribution in [-0.4, -0.2) is 28.3 Å². The normalized spacial score (nSPS) is 11.9. The van der Waals surface area contributed by atoms with Crippen molar-refractivity contribution >= 4 is 31.7 Å². The predicted octanol–water partition coefficient (Wildman–Crippen LogP) is 3.17. The van der Waals surface area contributed by atoms with Crippen molar-refractivity contribution in [3.05, 3.63) is 52.5 Å². The highest BCUT2D eigenvalue weighted by Gasteiger charge is 2.13. The number of hydrazone groups is 1. The molecule has 0 aliphatic heterocycles. The first-order valence-electron chi connectivity index (χ1n) is 6.91. The summed E-state index contributed by atoms with van der Waals surface area (Å²) in [7, 11) is -0.644. The summed E-state index contributed by atoms with van der Waals surface area (Å²) in [5, 5.41) is 3.97. The van der Waals surface area contributed by atoms with Gasteiger partial charge in [0.25, 0.3) is 10.0 Å². The van der Waals surface area contributed by atoms with Crippen molar-refractivity contribution in [1.29, 1.82) is 0 Å². The highest BCUT2D eigenvalue weighted by atomic mass is 79.9. The fourth-order valence-electron chi connectivity index (χ4n) is 1.92. The Morgan fingerprint density at radius 1 is 1.04 bits per heavy atom. The Morgan fingerprint density at radius 3 is 2.25 bits per heavy atom. The number of nitrogens with zero attached hydrogens (tertiary/aromatic N) is 1. The molecule has 2 rings (SSSR count). The molecular formula is C16H17BrN2O4S. The number of nitrogens with one attached hydrogen (secondary N) is 1. The molecule has 0 heterocycles. The van der Waals surface area contributed by atoms with Gasteiger partial charge in [-0.2, -0.15) is 18.4 Å². The van der Waals surface area contributed by atoms with E-state index in [1.54, 1.807) is 44.4 Å². The summed E-state index contributed by atoms with van der Waals surface area (Å²) < 4.78 is 35.6. The van der Waals surface area contributed by atoms with Gasteiger partial charge in [0, 0.05) is 10.0 Å². The second-order valence-electron chi connectivity index (χ2n) is 4.82. The van der Waals surface area contributed by atoms with Gasteiger partial charge < -0.3 is 9.47 Å². The Morgan fingerprint density at radius 2 is 1.67 bits per heavy atom. The zero-order valence-electron chi connectivity index (χ0n) is 13.4. The Bertz CT molecular complexity index is 849. The summed E-state index contributed by atoms with van der Waals surface area (Å²) in [4.78, 5) is 2.37. The van der Waals surface area contributed by atoms with E-state index < -0.39 is 10.0 Å². The number of hydrogen-bond donors (Lipinski definition) is 1. The summed E-state index contributed by atoms with van der Waals surface area (Å²) in [5.74, 6) is 1.13. The van der Waals surface area contributed by atoms with Gasteiger partial charge in [-0.25, -0.2) is 0 Å². The molecule has 2 aromatic carbocycles. The molecule has 0 saturated heterocycles. The lowest BCUT2D eigenvalue weighted by Crippen LogP contribution is -2.19. The Balaban J connectivity index is 2.23. The first-order valence-corrected chi connectivity index (χ1v) is 9.19. The smallest absolute Gasteiger partial charge is 0.276 e. The first-order chi connectivity index (χ1) is 11.4. The van der Waals surface area contributed by atoms with Crippen LogP contribution in [0.4, 0.5) is 0 Å². The Labute approximate surface area is 149 Å². The highest BCUT2D eigenvalue weighted by Crippen LogP contribution is 2.27. The van der Waals surface area contributed by atoms with Crippen LogP contribution in [0.2, 0.25) is 0 Å². The molecule has 0 aliphatic carbocycles. The quantitative estimate of drug-likeness (QED) is 0.583. The van der Waals surface area contributed by atoms with Crippen molar-refractivity contribution in [3.63, 3.8) is 0 Å². The van der Waals surface area contributed by atoms with E-state index in [1.807, 2.05) is 0 Å². The molecule has 0 aliphatic rings. The topological polar surface area (TPSA) is 77.0 Å². The molecule has 2 aromatic rings. The van der Waals surface area contributed by atoms with Crippen LogP contribution in [0.3, 0.4) is 0 Å². The minimum atomic E-state index is -3.72. The summed E-state index contributed by atoms with van der Waals surface area (Å²) in [5.41, 5.74) is 1.21. The molecule has 0 saturated carbocycles. The molecular weight excluding hydrogens is 396 g/mol. The van der Waals surface area contributed by atoms with Gasteiger partial charge in [0.05, 0.1) is 24.8 Å². The van der Waals surface area contributed by atoms with Crippen molar-refractivity contribution < 1.29 is 17.9 Å². The third-order valence-electron chi connectivity index (χ3n) is 3.26. The van der Waals surface area contributed by atoms with Crippen molar-refractivity contribution in [2.45, 2.75) is 11.8 Å². The Hall–Kier alpha value is -2.06. The lowest BCUT2D eigenvalue weighted by molar-refractivity contribution is 0.355. The molecule has 1 N–H and O–H groups in total. The van der Waals surface area contributed by atoms with Crippen LogP contribution in [0.25, 0.3) is 0 Å².